The molecule has 2 heterocycles. The maximum atomic E-state index is 11.7. The van der Waals surface area contributed by atoms with Gasteiger partial charge >= 0.3 is 0 Å². The van der Waals surface area contributed by atoms with Crippen molar-refractivity contribution in [1.82, 2.24) is 19.6 Å². The Hall–Kier alpha value is -1.30. The van der Waals surface area contributed by atoms with Gasteiger partial charge in [0.1, 0.15) is 0 Å². The van der Waals surface area contributed by atoms with E-state index in [0.717, 1.165) is 0 Å². The molecular weight excluding hydrogens is 212 g/mol. The largest absolute Gasteiger partial charge is 0.269 e. The zero-order valence-corrected chi connectivity index (χ0v) is 9.63. The molecule has 0 aliphatic carbocycles. The fourth-order valence-electron chi connectivity index (χ4n) is 1.29. The van der Waals surface area contributed by atoms with E-state index in [9.17, 15) is 4.79 Å². The Morgan fingerprint density at radius 1 is 1.53 bits per heavy atom. The second-order valence-electron chi connectivity index (χ2n) is 3.57. The molecule has 6 heteroatoms. The van der Waals surface area contributed by atoms with Gasteiger partial charge in [-0.3, -0.25) is 4.79 Å². The Labute approximate surface area is 90.9 Å². The Morgan fingerprint density at radius 2 is 2.27 bits per heavy atom. The smallest absolute Gasteiger partial charge is 0.261 e. The van der Waals surface area contributed by atoms with Crippen molar-refractivity contribution < 1.29 is 0 Å². The molecule has 0 amide bonds. The summed E-state index contributed by atoms with van der Waals surface area (Å²) in [5.74, 6) is 0.503. The van der Waals surface area contributed by atoms with Crippen molar-refractivity contribution in [2.75, 3.05) is 0 Å². The minimum Gasteiger partial charge on any atom is -0.269 e. The molecular formula is C9H12N4OS. The number of hydrogen-bond acceptors (Lipinski definition) is 4. The van der Waals surface area contributed by atoms with Crippen LogP contribution >= 0.6 is 11.8 Å². The molecule has 0 aromatic carbocycles. The van der Waals surface area contributed by atoms with Crippen molar-refractivity contribution in [2.45, 2.75) is 31.2 Å². The van der Waals surface area contributed by atoms with Crippen molar-refractivity contribution >= 4 is 17.5 Å². The summed E-state index contributed by atoms with van der Waals surface area (Å²) in [6, 6.07) is 1.51. The fraction of sp³-hybridized carbons (Fsp3) is 0.444. The third-order valence-electron chi connectivity index (χ3n) is 1.83. The molecule has 1 N–H and O–H groups in total. The van der Waals surface area contributed by atoms with Gasteiger partial charge in [0.2, 0.25) is 5.78 Å². The molecule has 0 unspecified atom stereocenters. The van der Waals surface area contributed by atoms with Crippen LogP contribution in [0.25, 0.3) is 5.78 Å². The Bertz CT molecular complexity index is 543. The van der Waals surface area contributed by atoms with Crippen LogP contribution in [0, 0.1) is 6.92 Å². The number of aryl methyl sites for hydroxylation is 1. The Morgan fingerprint density at radius 3 is 2.93 bits per heavy atom. The topological polar surface area (TPSA) is 63.1 Å². The molecule has 80 valence electrons. The maximum absolute atomic E-state index is 11.7. The predicted molar refractivity (Wildman–Crippen MR) is 59.3 cm³/mol. The molecule has 0 bridgehead atoms. The molecule has 0 saturated heterocycles. The highest BCUT2D eigenvalue weighted by atomic mass is 32.2. The number of fused-ring (bicyclic) bond motifs is 1. The summed E-state index contributed by atoms with van der Waals surface area (Å²) in [4.78, 5) is 15.9. The number of nitrogens with zero attached hydrogens (tertiary/aromatic N) is 3. The summed E-state index contributed by atoms with van der Waals surface area (Å²) in [7, 11) is 0. The van der Waals surface area contributed by atoms with E-state index in [4.69, 9.17) is 0 Å². The number of rotatable bonds is 2. The van der Waals surface area contributed by atoms with Gasteiger partial charge in [-0.15, -0.1) is 5.10 Å². The van der Waals surface area contributed by atoms with Crippen LogP contribution < -0.4 is 5.56 Å². The average molecular weight is 224 g/mol. The van der Waals surface area contributed by atoms with E-state index in [1.165, 1.54) is 22.2 Å². The first kappa shape index (κ1) is 10.2. The number of nitrogens with one attached hydrogen (secondary N) is 1. The van der Waals surface area contributed by atoms with Crippen LogP contribution in [0.4, 0.5) is 0 Å². The van der Waals surface area contributed by atoms with E-state index >= 15 is 0 Å². The first-order valence-electron chi connectivity index (χ1n) is 4.69. The van der Waals surface area contributed by atoms with Gasteiger partial charge in [-0.1, -0.05) is 25.6 Å². The van der Waals surface area contributed by atoms with E-state index in [0.29, 0.717) is 21.9 Å². The Balaban J connectivity index is 2.64. The number of hydrogen-bond donors (Lipinski definition) is 1. The lowest BCUT2D eigenvalue weighted by Gasteiger charge is -2.01. The minimum absolute atomic E-state index is 0.0885. The van der Waals surface area contributed by atoms with E-state index in [1.807, 2.05) is 0 Å². The molecule has 2 rings (SSSR count). The zero-order valence-electron chi connectivity index (χ0n) is 8.81. The van der Waals surface area contributed by atoms with Gasteiger partial charge in [-0.25, -0.2) is 14.5 Å². The van der Waals surface area contributed by atoms with Gasteiger partial charge in [-0.05, 0) is 6.92 Å². The van der Waals surface area contributed by atoms with Gasteiger partial charge in [0.15, 0.2) is 5.16 Å². The third kappa shape index (κ3) is 1.90. The molecule has 0 atom stereocenters. The molecule has 0 fully saturated rings. The summed E-state index contributed by atoms with van der Waals surface area (Å²) in [5, 5.41) is 7.88. The van der Waals surface area contributed by atoms with Crippen LogP contribution in [-0.2, 0) is 0 Å². The lowest BCUT2D eigenvalue weighted by molar-refractivity contribution is 0.882. The summed E-state index contributed by atoms with van der Waals surface area (Å²) in [6.07, 6.45) is 0. The number of aromatic amines is 1. The molecule has 0 saturated carbocycles. The quantitative estimate of drug-likeness (QED) is 0.779. The molecule has 5 nitrogen and oxygen atoms in total. The summed E-state index contributed by atoms with van der Waals surface area (Å²) < 4.78 is 1.50. The fourth-order valence-corrected chi connectivity index (χ4v) is 2.10. The maximum Gasteiger partial charge on any atom is 0.261 e. The summed E-state index contributed by atoms with van der Waals surface area (Å²) in [5.41, 5.74) is 0.610. The molecule has 0 spiro atoms. The highest BCUT2D eigenvalue weighted by Gasteiger charge is 2.10. The lowest BCUT2D eigenvalue weighted by Crippen LogP contribution is -2.14. The second-order valence-corrected chi connectivity index (χ2v) is 5.11. The summed E-state index contributed by atoms with van der Waals surface area (Å²) in [6.45, 7) is 5.90. The van der Waals surface area contributed by atoms with Crippen LogP contribution in [0.5, 0.6) is 0 Å². The van der Waals surface area contributed by atoms with Gasteiger partial charge in [0.25, 0.3) is 5.56 Å². The van der Waals surface area contributed by atoms with Crippen LogP contribution in [0.1, 0.15) is 19.5 Å². The third-order valence-corrected chi connectivity index (χ3v) is 2.79. The molecule has 0 aliphatic rings. The van der Waals surface area contributed by atoms with E-state index < -0.39 is 0 Å². The number of H-pyrrole nitrogens is 1. The minimum atomic E-state index is -0.0885. The van der Waals surface area contributed by atoms with Crippen molar-refractivity contribution in [2.24, 2.45) is 0 Å². The van der Waals surface area contributed by atoms with E-state index in [-0.39, 0.29) is 5.56 Å². The van der Waals surface area contributed by atoms with Crippen molar-refractivity contribution in [3.05, 3.63) is 22.1 Å². The van der Waals surface area contributed by atoms with E-state index in [2.05, 4.69) is 29.0 Å². The molecule has 15 heavy (non-hydrogen) atoms. The second kappa shape index (κ2) is 3.69. The van der Waals surface area contributed by atoms with Crippen LogP contribution in [0.2, 0.25) is 0 Å². The molecule has 0 aliphatic heterocycles. The van der Waals surface area contributed by atoms with Gasteiger partial charge in [-0.2, -0.15) is 0 Å². The number of aromatic nitrogens is 4. The van der Waals surface area contributed by atoms with Crippen molar-refractivity contribution in [3.8, 4) is 0 Å². The average Bonchev–Trinajstić information content (AvgIpc) is 2.46. The van der Waals surface area contributed by atoms with Gasteiger partial charge < -0.3 is 0 Å². The first-order valence-corrected chi connectivity index (χ1v) is 5.57. The molecule has 2 aromatic rings. The number of thioether (sulfide) groups is 1. The molecule has 0 radical (unpaired) electrons. The molecule has 2 aromatic heterocycles. The highest BCUT2D eigenvalue weighted by Crippen LogP contribution is 2.19. The van der Waals surface area contributed by atoms with Crippen LogP contribution in [0.15, 0.2) is 16.0 Å². The monoisotopic (exact) mass is 224 g/mol. The first-order chi connectivity index (χ1) is 7.08. The standard InChI is InChI=1S/C9H12N4OS/c1-5(2)15-9-12-11-8-10-6(3)4-7(14)13(8)9/h4-5H,1-3H3,(H,10,11). The zero-order chi connectivity index (χ0) is 11.0. The summed E-state index contributed by atoms with van der Waals surface area (Å²) >= 11 is 1.54. The van der Waals surface area contributed by atoms with Crippen molar-refractivity contribution in [1.29, 1.82) is 0 Å². The van der Waals surface area contributed by atoms with E-state index in [1.54, 1.807) is 6.92 Å². The van der Waals surface area contributed by atoms with Crippen LogP contribution in [0.3, 0.4) is 0 Å². The highest BCUT2D eigenvalue weighted by molar-refractivity contribution is 7.99. The van der Waals surface area contributed by atoms with Gasteiger partial charge in [0, 0.05) is 17.0 Å². The van der Waals surface area contributed by atoms with Crippen LogP contribution in [-0.4, -0.2) is 24.8 Å². The van der Waals surface area contributed by atoms with Crippen molar-refractivity contribution in [3.63, 3.8) is 0 Å². The lowest BCUT2D eigenvalue weighted by atomic mass is 10.4. The normalized spacial score (nSPS) is 11.5. The SMILES string of the molecule is Cc1cc(=O)n2c(SC(C)C)n[nH]c2n1. The van der Waals surface area contributed by atoms with Gasteiger partial charge in [0.05, 0.1) is 0 Å². The predicted octanol–water partition coefficient (Wildman–Crippen LogP) is 1.23. The Kier molecular flexibility index (Phi) is 2.52.